The minimum absolute atomic E-state index is 0. The number of aromatic nitrogens is 2. The van der Waals surface area contributed by atoms with Crippen molar-refractivity contribution in [3.63, 3.8) is 0 Å². The zero-order valence-corrected chi connectivity index (χ0v) is 19.6. The van der Waals surface area contributed by atoms with E-state index >= 15 is 0 Å². The summed E-state index contributed by atoms with van der Waals surface area (Å²) < 4.78 is 5.80. The Morgan fingerprint density at radius 3 is 2.58 bits per heavy atom. The number of nitrogens with one attached hydrogen (secondary N) is 2. The average molecular weight is 491 g/mol. The second-order valence-electron chi connectivity index (χ2n) is 7.25. The molecule has 0 saturated heterocycles. The lowest BCUT2D eigenvalue weighted by molar-refractivity contribution is 0.379. The van der Waals surface area contributed by atoms with E-state index < -0.39 is 0 Å². The maximum atomic E-state index is 5.80. The van der Waals surface area contributed by atoms with Crippen LogP contribution in [0.4, 0.5) is 0 Å². The Morgan fingerprint density at radius 1 is 1.31 bits per heavy atom. The van der Waals surface area contributed by atoms with Gasteiger partial charge in [0.25, 0.3) is 0 Å². The lowest BCUT2D eigenvalue weighted by Gasteiger charge is -2.13. The normalized spacial score (nSPS) is 12.2. The van der Waals surface area contributed by atoms with Crippen LogP contribution < -0.4 is 10.6 Å². The predicted octanol–water partition coefficient (Wildman–Crippen LogP) is 4.43. The van der Waals surface area contributed by atoms with Crippen molar-refractivity contribution in [1.82, 2.24) is 20.6 Å². The highest BCUT2D eigenvalue weighted by atomic mass is 127. The number of hydrogen-bond acceptors (Lipinski definition) is 5. The van der Waals surface area contributed by atoms with Gasteiger partial charge in [0, 0.05) is 23.3 Å². The fourth-order valence-corrected chi connectivity index (χ4v) is 2.89. The molecule has 2 aromatic heterocycles. The van der Waals surface area contributed by atoms with Gasteiger partial charge in [0.15, 0.2) is 5.96 Å². The average Bonchev–Trinajstić information content (AvgIpc) is 3.18. The van der Waals surface area contributed by atoms with Gasteiger partial charge in [0.1, 0.15) is 5.76 Å². The Labute approximate surface area is 177 Å². The predicted molar refractivity (Wildman–Crippen MR) is 118 cm³/mol. The number of guanidine groups is 1. The van der Waals surface area contributed by atoms with E-state index in [0.29, 0.717) is 24.9 Å². The lowest BCUT2D eigenvalue weighted by Crippen LogP contribution is -2.36. The number of halogens is 1. The molecular weight excluding hydrogens is 461 g/mol. The van der Waals surface area contributed by atoms with Crippen molar-refractivity contribution in [2.24, 2.45) is 4.99 Å². The third kappa shape index (κ3) is 6.86. The van der Waals surface area contributed by atoms with Gasteiger partial charge in [-0.05, 0) is 6.92 Å². The molecule has 0 radical (unpaired) electrons. The number of oxazole rings is 1. The summed E-state index contributed by atoms with van der Waals surface area (Å²) in [6.07, 6.45) is 1.80. The Bertz CT molecular complexity index is 703. The molecule has 8 heteroatoms. The van der Waals surface area contributed by atoms with Crippen LogP contribution in [0.2, 0.25) is 0 Å². The fraction of sp³-hybridized carbons (Fsp3) is 0.611. The number of rotatable bonds is 6. The topological polar surface area (TPSA) is 75.3 Å². The molecule has 0 fully saturated rings. The van der Waals surface area contributed by atoms with Gasteiger partial charge in [0.2, 0.25) is 5.89 Å². The maximum absolute atomic E-state index is 5.80. The first-order valence-corrected chi connectivity index (χ1v) is 9.59. The second-order valence-corrected chi connectivity index (χ2v) is 8.14. The standard InChI is InChI=1S/C18H29N5OS.HI/c1-7-19-17(21-8-13-11-25-16(23-13)12(2)3)22-10-15-20-9-14(24-15)18(4,5)6;/h9,11-12H,7-8,10H2,1-6H3,(H2,19,21,22);1H. The number of aliphatic imine (C=N–C) groups is 1. The van der Waals surface area contributed by atoms with E-state index in [1.54, 1.807) is 17.5 Å². The van der Waals surface area contributed by atoms with Crippen molar-refractivity contribution >= 4 is 41.3 Å². The van der Waals surface area contributed by atoms with Crippen LogP contribution in [0.5, 0.6) is 0 Å². The van der Waals surface area contributed by atoms with E-state index in [9.17, 15) is 0 Å². The molecule has 0 saturated carbocycles. The minimum Gasteiger partial charge on any atom is -0.443 e. The van der Waals surface area contributed by atoms with Crippen LogP contribution in [0, 0.1) is 0 Å². The van der Waals surface area contributed by atoms with E-state index in [0.717, 1.165) is 29.0 Å². The van der Waals surface area contributed by atoms with Crippen LogP contribution in [0.3, 0.4) is 0 Å². The molecular formula is C18H30IN5OS. The molecule has 0 aliphatic rings. The van der Waals surface area contributed by atoms with E-state index in [4.69, 9.17) is 4.42 Å². The molecule has 26 heavy (non-hydrogen) atoms. The summed E-state index contributed by atoms with van der Waals surface area (Å²) >= 11 is 1.69. The van der Waals surface area contributed by atoms with Gasteiger partial charge in [0.05, 0.1) is 30.0 Å². The molecule has 0 aliphatic carbocycles. The fourth-order valence-electron chi connectivity index (χ4n) is 2.06. The zero-order valence-electron chi connectivity index (χ0n) is 16.4. The molecule has 0 aliphatic heterocycles. The summed E-state index contributed by atoms with van der Waals surface area (Å²) in [7, 11) is 0. The summed E-state index contributed by atoms with van der Waals surface area (Å²) in [5.74, 6) is 2.73. The summed E-state index contributed by atoms with van der Waals surface area (Å²) in [6.45, 7) is 14.5. The Hall–Kier alpha value is -1.16. The summed E-state index contributed by atoms with van der Waals surface area (Å²) in [5.41, 5.74) is 0.958. The van der Waals surface area contributed by atoms with Crippen molar-refractivity contribution < 1.29 is 4.42 Å². The molecule has 2 aromatic rings. The molecule has 2 rings (SSSR count). The van der Waals surface area contributed by atoms with Crippen LogP contribution in [0.25, 0.3) is 0 Å². The maximum Gasteiger partial charge on any atom is 0.213 e. The smallest absolute Gasteiger partial charge is 0.213 e. The van der Waals surface area contributed by atoms with Crippen molar-refractivity contribution in [2.75, 3.05) is 6.54 Å². The van der Waals surface area contributed by atoms with Crippen LogP contribution in [0.15, 0.2) is 21.0 Å². The Morgan fingerprint density at radius 2 is 2.04 bits per heavy atom. The highest BCUT2D eigenvalue weighted by Crippen LogP contribution is 2.22. The third-order valence-corrected chi connectivity index (χ3v) is 4.70. The van der Waals surface area contributed by atoms with Crippen LogP contribution in [0.1, 0.15) is 69.8 Å². The monoisotopic (exact) mass is 491 g/mol. The Balaban J connectivity index is 0.00000338. The number of hydrogen-bond donors (Lipinski definition) is 2. The highest BCUT2D eigenvalue weighted by molar-refractivity contribution is 14.0. The van der Waals surface area contributed by atoms with E-state index in [2.05, 4.69) is 65.6 Å². The molecule has 0 aromatic carbocycles. The summed E-state index contributed by atoms with van der Waals surface area (Å²) in [4.78, 5) is 13.5. The number of nitrogens with zero attached hydrogens (tertiary/aromatic N) is 3. The van der Waals surface area contributed by atoms with Gasteiger partial charge in [-0.2, -0.15) is 0 Å². The SMILES string of the molecule is CCNC(=NCc1csc(C(C)C)n1)NCc1ncc(C(C)(C)C)o1.I. The second kappa shape index (κ2) is 10.2. The van der Waals surface area contributed by atoms with Crippen molar-refractivity contribution in [1.29, 1.82) is 0 Å². The summed E-state index contributed by atoms with van der Waals surface area (Å²) in [6, 6.07) is 0. The first kappa shape index (κ1) is 22.9. The molecule has 146 valence electrons. The van der Waals surface area contributed by atoms with Crippen molar-refractivity contribution in [3.05, 3.63) is 33.9 Å². The van der Waals surface area contributed by atoms with Gasteiger partial charge < -0.3 is 15.1 Å². The van der Waals surface area contributed by atoms with Gasteiger partial charge in [-0.15, -0.1) is 35.3 Å². The largest absolute Gasteiger partial charge is 0.443 e. The van der Waals surface area contributed by atoms with Crippen LogP contribution >= 0.6 is 35.3 Å². The molecule has 0 atom stereocenters. The molecule has 6 nitrogen and oxygen atoms in total. The van der Waals surface area contributed by atoms with Crippen molar-refractivity contribution in [3.8, 4) is 0 Å². The van der Waals surface area contributed by atoms with E-state index in [1.807, 2.05) is 6.92 Å². The van der Waals surface area contributed by atoms with Gasteiger partial charge >= 0.3 is 0 Å². The molecule has 2 N–H and O–H groups in total. The van der Waals surface area contributed by atoms with Gasteiger partial charge in [-0.25, -0.2) is 15.0 Å². The van der Waals surface area contributed by atoms with Crippen LogP contribution in [-0.4, -0.2) is 22.5 Å². The third-order valence-electron chi connectivity index (χ3n) is 3.51. The molecule has 0 unspecified atom stereocenters. The van der Waals surface area contributed by atoms with Gasteiger partial charge in [-0.1, -0.05) is 34.6 Å². The zero-order chi connectivity index (χ0) is 18.4. The van der Waals surface area contributed by atoms with Gasteiger partial charge in [-0.3, -0.25) is 0 Å². The first-order chi connectivity index (χ1) is 11.8. The Kier molecular flexibility index (Phi) is 9.02. The van der Waals surface area contributed by atoms with Crippen molar-refractivity contribution in [2.45, 2.75) is 66.0 Å². The number of thiazole rings is 1. The molecule has 0 bridgehead atoms. The minimum atomic E-state index is -0.0391. The summed E-state index contributed by atoms with van der Waals surface area (Å²) in [5, 5.41) is 9.72. The molecule has 0 spiro atoms. The highest BCUT2D eigenvalue weighted by Gasteiger charge is 2.19. The lowest BCUT2D eigenvalue weighted by atomic mass is 9.94. The van der Waals surface area contributed by atoms with E-state index in [-0.39, 0.29) is 29.4 Å². The van der Waals surface area contributed by atoms with Crippen LogP contribution in [-0.2, 0) is 18.5 Å². The van der Waals surface area contributed by atoms with E-state index in [1.165, 1.54) is 0 Å². The molecule has 2 heterocycles. The quantitative estimate of drug-likeness (QED) is 0.356. The molecule has 0 amide bonds. The first-order valence-electron chi connectivity index (χ1n) is 8.71.